The van der Waals surface area contributed by atoms with E-state index in [1.807, 2.05) is 4.90 Å². The van der Waals surface area contributed by atoms with Gasteiger partial charge in [0.25, 0.3) is 0 Å². The van der Waals surface area contributed by atoms with Crippen LogP contribution in [0.5, 0.6) is 11.5 Å². The number of anilines is 3. The van der Waals surface area contributed by atoms with E-state index in [0.717, 1.165) is 32.2 Å². The molecule has 2 heterocycles. The molecule has 1 unspecified atom stereocenters. The van der Waals surface area contributed by atoms with E-state index < -0.39 is 4.92 Å². The van der Waals surface area contributed by atoms with Crippen LogP contribution in [0.15, 0.2) is 24.5 Å². The molecular formula is C19H25N5O4. The molecule has 0 amide bonds. The second-order valence-corrected chi connectivity index (χ2v) is 6.59. The number of aromatic nitrogens is 2. The maximum absolute atomic E-state index is 12.0. The van der Waals surface area contributed by atoms with E-state index in [1.165, 1.54) is 13.4 Å². The third kappa shape index (κ3) is 3.92. The van der Waals surface area contributed by atoms with Crippen molar-refractivity contribution < 1.29 is 14.4 Å². The minimum atomic E-state index is -0.425. The highest BCUT2D eigenvalue weighted by atomic mass is 16.6. The van der Waals surface area contributed by atoms with Gasteiger partial charge in [-0.15, -0.1) is 0 Å². The molecule has 1 N–H and O–H groups in total. The molecule has 1 aromatic heterocycles. The fraction of sp³-hybridized carbons (Fsp3) is 0.474. The monoisotopic (exact) mass is 387 g/mol. The van der Waals surface area contributed by atoms with Crippen molar-refractivity contribution in [2.45, 2.75) is 38.6 Å². The highest BCUT2D eigenvalue weighted by Gasteiger charge is 2.32. The number of hydrogen-bond acceptors (Lipinski definition) is 8. The first kappa shape index (κ1) is 19.7. The van der Waals surface area contributed by atoms with Gasteiger partial charge >= 0.3 is 5.69 Å². The number of piperidine rings is 1. The lowest BCUT2D eigenvalue weighted by Gasteiger charge is -2.35. The van der Waals surface area contributed by atoms with Crippen LogP contribution in [-0.2, 0) is 0 Å². The van der Waals surface area contributed by atoms with Crippen LogP contribution in [0, 0.1) is 10.1 Å². The van der Waals surface area contributed by atoms with Crippen molar-refractivity contribution in [2.75, 3.05) is 31.0 Å². The predicted octanol–water partition coefficient (Wildman–Crippen LogP) is 3.91. The summed E-state index contributed by atoms with van der Waals surface area (Å²) in [5.74, 6) is 1.61. The average Bonchev–Trinajstić information content (AvgIpc) is 2.73. The van der Waals surface area contributed by atoms with Gasteiger partial charge in [-0.3, -0.25) is 10.1 Å². The molecule has 1 aliphatic heterocycles. The third-order valence-corrected chi connectivity index (χ3v) is 5.02. The molecule has 28 heavy (non-hydrogen) atoms. The van der Waals surface area contributed by atoms with Gasteiger partial charge < -0.3 is 19.7 Å². The molecule has 1 atom stereocenters. The summed E-state index contributed by atoms with van der Waals surface area (Å²) in [6, 6.07) is 5.43. The lowest BCUT2D eigenvalue weighted by Crippen LogP contribution is -2.40. The molecule has 3 rings (SSSR count). The summed E-state index contributed by atoms with van der Waals surface area (Å²) in [7, 11) is 3.09. The first-order chi connectivity index (χ1) is 13.6. The molecule has 9 nitrogen and oxygen atoms in total. The summed E-state index contributed by atoms with van der Waals surface area (Å²) in [4.78, 5) is 22.0. The van der Waals surface area contributed by atoms with E-state index in [9.17, 15) is 10.1 Å². The molecule has 0 spiro atoms. The molecule has 0 radical (unpaired) electrons. The fourth-order valence-electron chi connectivity index (χ4n) is 3.58. The van der Waals surface area contributed by atoms with E-state index in [4.69, 9.17) is 9.47 Å². The van der Waals surface area contributed by atoms with Gasteiger partial charge in [-0.2, -0.15) is 0 Å². The smallest absolute Gasteiger partial charge is 0.353 e. The normalized spacial score (nSPS) is 16.5. The van der Waals surface area contributed by atoms with E-state index in [1.54, 1.807) is 25.3 Å². The molecule has 1 saturated heterocycles. The minimum Gasteiger partial charge on any atom is -0.497 e. The number of nitrogens with one attached hydrogen (secondary N) is 1. The molecule has 1 aromatic carbocycles. The zero-order valence-electron chi connectivity index (χ0n) is 16.3. The minimum absolute atomic E-state index is 0.127. The molecule has 1 aliphatic rings. The van der Waals surface area contributed by atoms with Crippen LogP contribution in [0.1, 0.15) is 32.6 Å². The Morgan fingerprint density at radius 2 is 2.11 bits per heavy atom. The van der Waals surface area contributed by atoms with Crippen molar-refractivity contribution >= 4 is 23.0 Å². The molecule has 2 aromatic rings. The van der Waals surface area contributed by atoms with Crippen LogP contribution >= 0.6 is 0 Å². The predicted molar refractivity (Wildman–Crippen MR) is 107 cm³/mol. The van der Waals surface area contributed by atoms with Crippen LogP contribution < -0.4 is 19.7 Å². The van der Waals surface area contributed by atoms with Gasteiger partial charge in [0.2, 0.25) is 11.6 Å². The quantitative estimate of drug-likeness (QED) is 0.563. The Balaban J connectivity index is 2.04. The topological polar surface area (TPSA) is 103 Å². The van der Waals surface area contributed by atoms with Gasteiger partial charge in [-0.1, -0.05) is 6.92 Å². The third-order valence-electron chi connectivity index (χ3n) is 5.02. The maximum Gasteiger partial charge on any atom is 0.353 e. The fourth-order valence-corrected chi connectivity index (χ4v) is 3.58. The SMILES string of the molecule is CCC1CCCCN1c1ncnc(Nc2cc(OC)ccc2OC)c1[N+](=O)[O-]. The Morgan fingerprint density at radius 3 is 2.79 bits per heavy atom. The Morgan fingerprint density at radius 1 is 1.29 bits per heavy atom. The lowest BCUT2D eigenvalue weighted by atomic mass is 10.00. The second-order valence-electron chi connectivity index (χ2n) is 6.59. The first-order valence-electron chi connectivity index (χ1n) is 9.34. The van der Waals surface area contributed by atoms with Crippen molar-refractivity contribution in [1.82, 2.24) is 9.97 Å². The summed E-state index contributed by atoms with van der Waals surface area (Å²) in [5, 5.41) is 15.0. The Hall–Kier alpha value is -3.10. The van der Waals surface area contributed by atoms with Gasteiger partial charge in [0, 0.05) is 18.7 Å². The van der Waals surface area contributed by atoms with E-state index in [0.29, 0.717) is 23.0 Å². The zero-order chi connectivity index (χ0) is 20.1. The number of rotatable bonds is 7. The summed E-state index contributed by atoms with van der Waals surface area (Å²) >= 11 is 0. The molecule has 0 saturated carbocycles. The van der Waals surface area contributed by atoms with E-state index in [-0.39, 0.29) is 17.5 Å². The average molecular weight is 387 g/mol. The van der Waals surface area contributed by atoms with E-state index >= 15 is 0 Å². The second kappa shape index (κ2) is 8.73. The van der Waals surface area contributed by atoms with Crippen LogP contribution in [0.4, 0.5) is 23.0 Å². The van der Waals surface area contributed by atoms with Crippen molar-refractivity contribution in [1.29, 1.82) is 0 Å². The summed E-state index contributed by atoms with van der Waals surface area (Å²) in [6.45, 7) is 2.84. The van der Waals surface area contributed by atoms with Crippen molar-refractivity contribution in [2.24, 2.45) is 0 Å². The van der Waals surface area contributed by atoms with Crippen LogP contribution in [0.2, 0.25) is 0 Å². The number of methoxy groups -OCH3 is 2. The van der Waals surface area contributed by atoms with Gasteiger partial charge in [-0.25, -0.2) is 9.97 Å². The van der Waals surface area contributed by atoms with Crippen LogP contribution in [0.3, 0.4) is 0 Å². The van der Waals surface area contributed by atoms with Gasteiger partial charge in [0.05, 0.1) is 24.8 Å². The Kier molecular flexibility index (Phi) is 6.13. The highest BCUT2D eigenvalue weighted by Crippen LogP contribution is 2.39. The largest absolute Gasteiger partial charge is 0.497 e. The van der Waals surface area contributed by atoms with Crippen LogP contribution in [0.25, 0.3) is 0 Å². The number of hydrogen-bond donors (Lipinski definition) is 1. The van der Waals surface area contributed by atoms with Gasteiger partial charge in [0.15, 0.2) is 0 Å². The lowest BCUT2D eigenvalue weighted by molar-refractivity contribution is -0.383. The Labute approximate surface area is 163 Å². The summed E-state index contributed by atoms with van der Waals surface area (Å²) in [6.07, 6.45) is 5.39. The van der Waals surface area contributed by atoms with Gasteiger partial charge in [0.1, 0.15) is 17.8 Å². The number of ether oxygens (including phenoxy) is 2. The standard InChI is InChI=1S/C19H25N5O4/c1-4-13-7-5-6-10-23(13)19-17(24(25)26)18(20-12-21-19)22-15-11-14(27-2)8-9-16(15)28-3/h8-9,11-13H,4-7,10H2,1-3H3,(H,20,21,22). The number of nitrogens with zero attached hydrogens (tertiary/aromatic N) is 4. The molecule has 150 valence electrons. The van der Waals surface area contributed by atoms with Gasteiger partial charge in [-0.05, 0) is 37.8 Å². The maximum atomic E-state index is 12.0. The molecule has 0 bridgehead atoms. The summed E-state index contributed by atoms with van der Waals surface area (Å²) in [5.41, 5.74) is 0.396. The van der Waals surface area contributed by atoms with Crippen molar-refractivity contribution in [3.63, 3.8) is 0 Å². The van der Waals surface area contributed by atoms with Crippen LogP contribution in [-0.4, -0.2) is 41.7 Å². The number of benzene rings is 1. The highest BCUT2D eigenvalue weighted by molar-refractivity contribution is 5.77. The zero-order valence-corrected chi connectivity index (χ0v) is 16.3. The molecule has 9 heteroatoms. The molecule has 1 fully saturated rings. The van der Waals surface area contributed by atoms with Crippen molar-refractivity contribution in [3.8, 4) is 11.5 Å². The first-order valence-corrected chi connectivity index (χ1v) is 9.34. The number of nitro groups is 1. The summed E-state index contributed by atoms with van der Waals surface area (Å²) < 4.78 is 10.6. The molecular weight excluding hydrogens is 362 g/mol. The van der Waals surface area contributed by atoms with E-state index in [2.05, 4.69) is 22.2 Å². The van der Waals surface area contributed by atoms with Crippen molar-refractivity contribution in [3.05, 3.63) is 34.6 Å². The molecule has 0 aliphatic carbocycles. The Bertz CT molecular complexity index is 845.